The third-order valence-electron chi connectivity index (χ3n) is 5.68. The first-order valence-electron chi connectivity index (χ1n) is 10.1. The summed E-state index contributed by atoms with van der Waals surface area (Å²) in [5.41, 5.74) is -0.127. The number of aromatic nitrogens is 2. The molecule has 1 aromatic heterocycles. The minimum atomic E-state index is -4.57. The fraction of sp³-hybridized carbons (Fsp3) is 0.476. The van der Waals surface area contributed by atoms with Crippen LogP contribution < -0.4 is 15.4 Å². The van der Waals surface area contributed by atoms with Crippen molar-refractivity contribution in [1.29, 1.82) is 0 Å². The molecule has 1 aromatic carbocycles. The summed E-state index contributed by atoms with van der Waals surface area (Å²) < 4.78 is 48.2. The molecule has 2 aromatic rings. The Labute approximate surface area is 177 Å². The van der Waals surface area contributed by atoms with E-state index in [9.17, 15) is 22.8 Å². The highest BCUT2D eigenvalue weighted by molar-refractivity contribution is 5.99. The van der Waals surface area contributed by atoms with Crippen LogP contribution in [-0.4, -0.2) is 59.9 Å². The number of fused-ring (bicyclic) bond motifs is 1. The van der Waals surface area contributed by atoms with Gasteiger partial charge in [0.1, 0.15) is 11.9 Å². The average Bonchev–Trinajstić information content (AvgIpc) is 2.74. The molecule has 2 aliphatic rings. The van der Waals surface area contributed by atoms with E-state index in [-0.39, 0.29) is 25.0 Å². The first-order chi connectivity index (χ1) is 14.8. The van der Waals surface area contributed by atoms with Crippen molar-refractivity contribution in [1.82, 2.24) is 9.55 Å². The van der Waals surface area contributed by atoms with Gasteiger partial charge in [-0.25, -0.2) is 0 Å². The quantitative estimate of drug-likeness (QED) is 0.687. The Hall–Kier alpha value is -2.88. The fourth-order valence-electron chi connectivity index (χ4n) is 4.06. The molecule has 2 atom stereocenters. The Kier molecular flexibility index (Phi) is 5.74. The number of hydrogen-bond donors (Lipinski definition) is 0. The maximum Gasteiger partial charge on any atom is 0.408 e. The van der Waals surface area contributed by atoms with Gasteiger partial charge in [0, 0.05) is 24.7 Å². The van der Waals surface area contributed by atoms with E-state index in [2.05, 4.69) is 4.98 Å². The Morgan fingerprint density at radius 1 is 1.23 bits per heavy atom. The van der Waals surface area contributed by atoms with E-state index in [0.717, 1.165) is 4.90 Å². The highest BCUT2D eigenvalue weighted by Gasteiger charge is 2.47. The molecule has 0 unspecified atom stereocenters. The van der Waals surface area contributed by atoms with Gasteiger partial charge in [-0.05, 0) is 13.3 Å². The second kappa shape index (κ2) is 8.33. The van der Waals surface area contributed by atoms with Crippen molar-refractivity contribution in [2.75, 3.05) is 36.1 Å². The lowest BCUT2D eigenvalue weighted by Gasteiger charge is -2.40. The molecule has 0 aliphatic carbocycles. The Morgan fingerprint density at radius 2 is 1.97 bits per heavy atom. The van der Waals surface area contributed by atoms with Gasteiger partial charge >= 0.3 is 6.18 Å². The second-order valence-electron chi connectivity index (χ2n) is 7.78. The molecule has 0 spiro atoms. The van der Waals surface area contributed by atoms with E-state index in [1.807, 2.05) is 11.8 Å². The number of carbonyl (C=O) groups excluding carboxylic acids is 1. The van der Waals surface area contributed by atoms with Crippen LogP contribution in [0.2, 0.25) is 0 Å². The van der Waals surface area contributed by atoms with Crippen molar-refractivity contribution in [2.24, 2.45) is 0 Å². The fourth-order valence-corrected chi connectivity index (χ4v) is 4.06. The number of anilines is 2. The molecule has 0 N–H and O–H groups in total. The third kappa shape index (κ3) is 4.30. The van der Waals surface area contributed by atoms with Crippen LogP contribution in [0.1, 0.15) is 23.7 Å². The van der Waals surface area contributed by atoms with Crippen molar-refractivity contribution >= 4 is 17.5 Å². The maximum absolute atomic E-state index is 13.9. The second-order valence-corrected chi connectivity index (χ2v) is 7.78. The summed E-state index contributed by atoms with van der Waals surface area (Å²) in [5.74, 6) is -0.297. The molecule has 166 valence electrons. The molecule has 10 heteroatoms. The molecule has 0 radical (unpaired) electrons. The maximum atomic E-state index is 13.9. The first-order valence-corrected chi connectivity index (χ1v) is 10.1. The van der Waals surface area contributed by atoms with Crippen molar-refractivity contribution in [3.05, 3.63) is 52.3 Å². The van der Waals surface area contributed by atoms with E-state index >= 15 is 0 Å². The zero-order valence-electron chi connectivity index (χ0n) is 17.0. The zero-order valence-corrected chi connectivity index (χ0v) is 17.0. The molecule has 0 amide bonds. The van der Waals surface area contributed by atoms with Gasteiger partial charge in [-0.1, -0.05) is 30.3 Å². The van der Waals surface area contributed by atoms with E-state index in [1.165, 1.54) is 10.6 Å². The topological polar surface area (TPSA) is 67.7 Å². The number of hydrogen-bond acceptors (Lipinski definition) is 6. The minimum absolute atomic E-state index is 0.0786. The SMILES string of the molecule is C[C@@H]1COCCN1c1cc(=O)n2c(n1)N(CC(=O)c1ccccc1)[C@H](C(F)(F)F)CC2. The predicted molar refractivity (Wildman–Crippen MR) is 109 cm³/mol. The van der Waals surface area contributed by atoms with Crippen LogP contribution in [0.4, 0.5) is 24.9 Å². The van der Waals surface area contributed by atoms with Crippen LogP contribution in [0.15, 0.2) is 41.2 Å². The number of ketones is 1. The van der Waals surface area contributed by atoms with Crippen LogP contribution in [0.3, 0.4) is 0 Å². The van der Waals surface area contributed by atoms with Gasteiger partial charge in [0.05, 0.1) is 25.8 Å². The van der Waals surface area contributed by atoms with Gasteiger partial charge in [-0.2, -0.15) is 18.2 Å². The van der Waals surface area contributed by atoms with Crippen LogP contribution in [0.25, 0.3) is 0 Å². The van der Waals surface area contributed by atoms with E-state index in [1.54, 1.807) is 30.3 Å². The average molecular weight is 436 g/mol. The van der Waals surface area contributed by atoms with Gasteiger partial charge in [0.15, 0.2) is 5.78 Å². The Balaban J connectivity index is 1.76. The number of benzene rings is 1. The van der Waals surface area contributed by atoms with Gasteiger partial charge in [-0.3, -0.25) is 14.2 Å². The molecule has 0 bridgehead atoms. The summed E-state index contributed by atoms with van der Waals surface area (Å²) >= 11 is 0. The van der Waals surface area contributed by atoms with Crippen molar-refractivity contribution in [3.63, 3.8) is 0 Å². The number of halogens is 3. The number of ether oxygens (including phenoxy) is 1. The zero-order chi connectivity index (χ0) is 22.2. The summed E-state index contributed by atoms with van der Waals surface area (Å²) in [7, 11) is 0. The van der Waals surface area contributed by atoms with Gasteiger partial charge in [0.2, 0.25) is 5.95 Å². The molecule has 3 heterocycles. The minimum Gasteiger partial charge on any atom is -0.377 e. The number of Topliss-reactive ketones (excluding diaryl/α,β-unsaturated/α-hetero) is 1. The molecule has 1 fully saturated rings. The third-order valence-corrected chi connectivity index (χ3v) is 5.68. The molecular formula is C21H23F3N4O3. The number of alkyl halides is 3. The standard InChI is InChI=1S/C21H23F3N4O3/c1-14-13-31-10-9-26(14)18-11-19(30)27-8-7-17(21(22,23)24)28(20(27)25-18)12-16(29)15-5-3-2-4-6-15/h2-6,11,14,17H,7-10,12-13H2,1H3/t14-,17+/m1/s1. The summed E-state index contributed by atoms with van der Waals surface area (Å²) in [6, 6.07) is 7.51. The van der Waals surface area contributed by atoms with E-state index in [4.69, 9.17) is 4.74 Å². The largest absolute Gasteiger partial charge is 0.408 e. The predicted octanol–water partition coefficient (Wildman–Crippen LogP) is 2.49. The molecule has 4 rings (SSSR count). The van der Waals surface area contributed by atoms with Crippen molar-refractivity contribution < 1.29 is 22.7 Å². The monoisotopic (exact) mass is 436 g/mol. The smallest absolute Gasteiger partial charge is 0.377 e. The van der Waals surface area contributed by atoms with Crippen LogP contribution >= 0.6 is 0 Å². The Morgan fingerprint density at radius 3 is 2.65 bits per heavy atom. The van der Waals surface area contributed by atoms with E-state index < -0.39 is 30.1 Å². The molecule has 0 saturated carbocycles. The van der Waals surface area contributed by atoms with Gasteiger partial charge in [-0.15, -0.1) is 0 Å². The number of morpholine rings is 1. The summed E-state index contributed by atoms with van der Waals surface area (Å²) in [6.07, 6.45) is -4.89. The lowest BCUT2D eigenvalue weighted by Crippen LogP contribution is -2.54. The van der Waals surface area contributed by atoms with Gasteiger partial charge in [0.25, 0.3) is 5.56 Å². The first kappa shape index (κ1) is 21.4. The number of carbonyl (C=O) groups is 1. The molecular weight excluding hydrogens is 413 g/mol. The van der Waals surface area contributed by atoms with Crippen LogP contribution in [0, 0.1) is 0 Å². The Bertz CT molecular complexity index is 1010. The number of rotatable bonds is 4. The molecule has 2 aliphatic heterocycles. The highest BCUT2D eigenvalue weighted by atomic mass is 19.4. The molecule has 31 heavy (non-hydrogen) atoms. The number of nitrogens with zero attached hydrogens (tertiary/aromatic N) is 4. The molecule has 7 nitrogen and oxygen atoms in total. The van der Waals surface area contributed by atoms with Gasteiger partial charge < -0.3 is 14.5 Å². The summed E-state index contributed by atoms with van der Waals surface area (Å²) in [4.78, 5) is 32.8. The normalized spacial score (nSPS) is 21.7. The summed E-state index contributed by atoms with van der Waals surface area (Å²) in [5, 5.41) is 0. The molecule has 1 saturated heterocycles. The lowest BCUT2D eigenvalue weighted by atomic mass is 10.1. The van der Waals surface area contributed by atoms with Crippen LogP contribution in [-0.2, 0) is 11.3 Å². The van der Waals surface area contributed by atoms with E-state index in [0.29, 0.717) is 31.1 Å². The lowest BCUT2D eigenvalue weighted by molar-refractivity contribution is -0.152. The van der Waals surface area contributed by atoms with Crippen molar-refractivity contribution in [3.8, 4) is 0 Å². The summed E-state index contributed by atoms with van der Waals surface area (Å²) in [6.45, 7) is 2.60. The van der Waals surface area contributed by atoms with Crippen LogP contribution in [0.5, 0.6) is 0 Å². The van der Waals surface area contributed by atoms with Crippen molar-refractivity contribution in [2.45, 2.75) is 38.1 Å². The highest BCUT2D eigenvalue weighted by Crippen LogP contribution is 2.34.